The maximum Gasteiger partial charge on any atom is 0.0937 e. The second-order valence-corrected chi connectivity index (χ2v) is 17.1. The van der Waals surface area contributed by atoms with Crippen molar-refractivity contribution in [3.63, 3.8) is 0 Å². The van der Waals surface area contributed by atoms with E-state index in [4.69, 9.17) is 9.97 Å². The Bertz CT molecular complexity index is 3320. The molecular formula is C54H31N3S. The molecule has 4 aliphatic rings. The molecule has 10 aromatic rings. The van der Waals surface area contributed by atoms with Gasteiger partial charge in [-0.2, -0.15) is 0 Å². The topological polar surface area (TPSA) is 30.7 Å². The number of hydrogen-bond donors (Lipinski definition) is 0. The smallest absolute Gasteiger partial charge is 0.0937 e. The van der Waals surface area contributed by atoms with Gasteiger partial charge >= 0.3 is 0 Å². The van der Waals surface area contributed by atoms with E-state index in [2.05, 4.69) is 180 Å². The number of para-hydroxylation sites is 2. The lowest BCUT2D eigenvalue weighted by Crippen LogP contribution is -2.32. The van der Waals surface area contributed by atoms with E-state index in [1.54, 1.807) is 0 Å². The summed E-state index contributed by atoms with van der Waals surface area (Å²) in [7, 11) is 0. The molecule has 0 N–H and O–H groups in total. The highest BCUT2D eigenvalue weighted by molar-refractivity contribution is 7.99. The molecule has 268 valence electrons. The van der Waals surface area contributed by atoms with Gasteiger partial charge in [0.25, 0.3) is 0 Å². The zero-order valence-corrected chi connectivity index (χ0v) is 32.0. The van der Waals surface area contributed by atoms with Crippen molar-refractivity contribution in [2.45, 2.75) is 20.6 Å². The minimum Gasteiger partial charge on any atom is -0.309 e. The van der Waals surface area contributed by atoms with Crippen LogP contribution in [0.3, 0.4) is 0 Å². The first kappa shape index (κ1) is 31.1. The number of rotatable bonds is 1. The fourth-order valence-corrected chi connectivity index (χ4v) is 12.7. The Kier molecular flexibility index (Phi) is 5.84. The first-order chi connectivity index (χ1) is 28.8. The van der Waals surface area contributed by atoms with Crippen molar-refractivity contribution in [2.75, 3.05) is 0 Å². The van der Waals surface area contributed by atoms with E-state index in [1.165, 1.54) is 104 Å². The van der Waals surface area contributed by atoms with Crippen molar-refractivity contribution < 1.29 is 0 Å². The summed E-state index contributed by atoms with van der Waals surface area (Å²) >= 11 is 1.90. The van der Waals surface area contributed by atoms with Gasteiger partial charge in [-0.15, -0.1) is 0 Å². The summed E-state index contributed by atoms with van der Waals surface area (Å²) in [6.45, 7) is 0. The summed E-state index contributed by atoms with van der Waals surface area (Å²) in [5, 5.41) is 2.53. The quantitative estimate of drug-likeness (QED) is 0.167. The lowest BCUT2D eigenvalue weighted by Gasteiger charge is -2.40. The Hall–Kier alpha value is -7.01. The molecular weight excluding hydrogens is 723 g/mol. The first-order valence-electron chi connectivity index (χ1n) is 20.0. The molecule has 0 amide bonds. The molecule has 0 radical (unpaired) electrons. The first-order valence-corrected chi connectivity index (χ1v) is 20.8. The van der Waals surface area contributed by atoms with Gasteiger partial charge in [0, 0.05) is 38.6 Å². The van der Waals surface area contributed by atoms with Crippen LogP contribution in [0, 0.1) is 0 Å². The molecule has 3 nitrogen and oxygen atoms in total. The van der Waals surface area contributed by atoms with Gasteiger partial charge in [-0.3, -0.25) is 9.97 Å². The number of aromatic nitrogens is 3. The van der Waals surface area contributed by atoms with Crippen molar-refractivity contribution >= 4 is 33.6 Å². The van der Waals surface area contributed by atoms with Crippen LogP contribution in [0.5, 0.6) is 0 Å². The molecule has 0 atom stereocenters. The molecule has 0 saturated heterocycles. The molecule has 0 bridgehead atoms. The van der Waals surface area contributed by atoms with Crippen molar-refractivity contribution in [3.05, 3.63) is 233 Å². The SMILES string of the molecule is c1ccc2c(c1)Sc1cc3c(cc1C21c2cccnc2-c2ncccc21)-c1ccc(-n2c4ccccc4c4ccccc42)cc1C31c2ccccc2-c2ccccc21. The molecule has 4 heterocycles. The third kappa shape index (κ3) is 3.52. The minimum absolute atomic E-state index is 0.513. The van der Waals surface area contributed by atoms with Crippen LogP contribution in [0.25, 0.3) is 61.1 Å². The molecule has 0 fully saturated rings. The van der Waals surface area contributed by atoms with Gasteiger partial charge in [0.15, 0.2) is 0 Å². The normalized spacial score (nSPS) is 15.1. The molecule has 3 aliphatic carbocycles. The number of pyridine rings is 2. The highest BCUT2D eigenvalue weighted by atomic mass is 32.2. The summed E-state index contributed by atoms with van der Waals surface area (Å²) in [6, 6.07) is 66.0. The van der Waals surface area contributed by atoms with E-state index in [1.807, 2.05) is 24.2 Å². The average molecular weight is 754 g/mol. The zero-order chi connectivity index (χ0) is 37.7. The summed E-state index contributed by atoms with van der Waals surface area (Å²) < 4.78 is 2.47. The summed E-state index contributed by atoms with van der Waals surface area (Å²) in [5.41, 5.74) is 20.0. The zero-order valence-electron chi connectivity index (χ0n) is 31.1. The third-order valence-electron chi connectivity index (χ3n) is 13.6. The van der Waals surface area contributed by atoms with Crippen LogP contribution >= 0.6 is 11.8 Å². The van der Waals surface area contributed by atoms with Crippen LogP contribution < -0.4 is 0 Å². The van der Waals surface area contributed by atoms with Crippen LogP contribution in [0.15, 0.2) is 198 Å². The number of benzene rings is 7. The number of fused-ring (bicyclic) bond motifs is 22. The monoisotopic (exact) mass is 753 g/mol. The number of hydrogen-bond acceptors (Lipinski definition) is 3. The predicted molar refractivity (Wildman–Crippen MR) is 234 cm³/mol. The summed E-state index contributed by atoms with van der Waals surface area (Å²) in [6.07, 6.45) is 3.82. The van der Waals surface area contributed by atoms with Crippen molar-refractivity contribution in [1.82, 2.24) is 14.5 Å². The van der Waals surface area contributed by atoms with Gasteiger partial charge in [-0.05, 0) is 121 Å². The van der Waals surface area contributed by atoms with Crippen molar-refractivity contribution in [3.8, 4) is 39.3 Å². The fourth-order valence-electron chi connectivity index (χ4n) is 11.5. The third-order valence-corrected chi connectivity index (χ3v) is 14.7. The van der Waals surface area contributed by atoms with E-state index < -0.39 is 10.8 Å². The summed E-state index contributed by atoms with van der Waals surface area (Å²) in [5.74, 6) is 0. The van der Waals surface area contributed by atoms with Crippen molar-refractivity contribution in [2.24, 2.45) is 0 Å². The highest BCUT2D eigenvalue weighted by Crippen LogP contribution is 2.67. The Morgan fingerprint density at radius 2 is 0.879 bits per heavy atom. The van der Waals surface area contributed by atoms with Crippen LogP contribution in [-0.2, 0) is 10.8 Å². The summed E-state index contributed by atoms with van der Waals surface area (Å²) in [4.78, 5) is 12.6. The molecule has 14 rings (SSSR count). The second kappa shape index (κ2) is 10.9. The van der Waals surface area contributed by atoms with E-state index >= 15 is 0 Å². The van der Waals surface area contributed by atoms with Gasteiger partial charge in [0.1, 0.15) is 0 Å². The molecule has 4 heteroatoms. The Labute approximate surface area is 339 Å². The Balaban J connectivity index is 1.13. The van der Waals surface area contributed by atoms with Gasteiger partial charge < -0.3 is 4.57 Å². The molecule has 58 heavy (non-hydrogen) atoms. The second-order valence-electron chi connectivity index (χ2n) is 16.0. The highest BCUT2D eigenvalue weighted by Gasteiger charge is 2.56. The molecule has 0 unspecified atom stereocenters. The Morgan fingerprint density at radius 1 is 0.362 bits per heavy atom. The standard InChI is InChI=1S/C54H31N3S/c1-5-17-39-33(13-1)34-14-2-6-18-40(34)53(39)44-29-32(57-47-22-8-3-15-36(47)37-16-4-9-23-48(37)57)25-26-35(44)38-30-46-50(31-45(38)53)58-49-24-10-7-19-41(49)54(46)42-20-11-27-55-51(42)52-43(54)21-12-28-56-52/h1-31H. The molecule has 0 saturated carbocycles. The van der Waals surface area contributed by atoms with Crippen LogP contribution in [0.4, 0.5) is 0 Å². The van der Waals surface area contributed by atoms with Crippen molar-refractivity contribution in [1.29, 1.82) is 0 Å². The van der Waals surface area contributed by atoms with Gasteiger partial charge in [0.2, 0.25) is 0 Å². The maximum atomic E-state index is 5.02. The lowest BCUT2D eigenvalue weighted by molar-refractivity contribution is 0.714. The van der Waals surface area contributed by atoms with E-state index in [0.29, 0.717) is 0 Å². The molecule has 2 spiro atoms. The van der Waals surface area contributed by atoms with Gasteiger partial charge in [0.05, 0.1) is 33.3 Å². The van der Waals surface area contributed by atoms with Crippen LogP contribution in [0.2, 0.25) is 0 Å². The lowest BCUT2D eigenvalue weighted by atomic mass is 9.66. The predicted octanol–water partition coefficient (Wildman–Crippen LogP) is 12.7. The maximum absolute atomic E-state index is 5.02. The minimum atomic E-state index is -0.566. The largest absolute Gasteiger partial charge is 0.309 e. The van der Waals surface area contributed by atoms with Gasteiger partial charge in [-0.25, -0.2) is 0 Å². The van der Waals surface area contributed by atoms with Gasteiger partial charge in [-0.1, -0.05) is 133 Å². The van der Waals surface area contributed by atoms with Crippen LogP contribution in [0.1, 0.15) is 44.5 Å². The van der Waals surface area contributed by atoms with E-state index in [0.717, 1.165) is 11.4 Å². The van der Waals surface area contributed by atoms with Crippen LogP contribution in [-0.4, -0.2) is 14.5 Å². The molecule has 3 aromatic heterocycles. The molecule has 1 aliphatic heterocycles. The van der Waals surface area contributed by atoms with E-state index in [-0.39, 0.29) is 0 Å². The van der Waals surface area contributed by atoms with E-state index in [9.17, 15) is 0 Å². The fraction of sp³-hybridized carbons (Fsp3) is 0.0370. The average Bonchev–Trinajstić information content (AvgIpc) is 3.97. The molecule has 7 aromatic carbocycles. The Morgan fingerprint density at radius 3 is 1.55 bits per heavy atom. The number of nitrogens with zero attached hydrogens (tertiary/aromatic N) is 3.